The number of benzene rings is 3. The molecule has 302 valence electrons. The van der Waals surface area contributed by atoms with Crippen molar-refractivity contribution < 1.29 is 71.7 Å². The highest BCUT2D eigenvalue weighted by Gasteiger charge is 2.54. The summed E-state index contributed by atoms with van der Waals surface area (Å²) in [7, 11) is 0. The molecule has 2 aliphatic rings. The fourth-order valence-electron chi connectivity index (χ4n) is 6.34. The lowest BCUT2D eigenvalue weighted by atomic mass is 9.97. The minimum Gasteiger partial charge on any atom is -0.463 e. The lowest BCUT2D eigenvalue weighted by Crippen LogP contribution is -2.64. The molecule has 15 nitrogen and oxygen atoms in total. The molecule has 10 atom stereocenters. The standard InChI is InChI=1S/C41H48O15/c1-25(42)47-23-33-36(52-26(2)43)38(53-27(3)44)39(54-28(4)45)41(56-33)51-24-32-35(48-20-29-14-8-5-9-15-29)34(46)37(49-21-30-16-10-6-11-17-30)40(55-32)50-22-31-18-12-7-13-19-31/h5-19,32-41,46H,20-24H2,1-4H3/t32-,33-,34+,35-,36-,37-,38+,39-,40+,41-/m1/s1. The molecule has 5 rings (SSSR count). The Hall–Kier alpha value is -4.74. The van der Waals surface area contributed by atoms with E-state index in [2.05, 4.69) is 0 Å². The fourth-order valence-corrected chi connectivity index (χ4v) is 6.34. The maximum absolute atomic E-state index is 12.4. The van der Waals surface area contributed by atoms with Gasteiger partial charge in [0, 0.05) is 27.7 Å². The van der Waals surface area contributed by atoms with Crippen molar-refractivity contribution in [3.8, 4) is 0 Å². The maximum Gasteiger partial charge on any atom is 0.303 e. The van der Waals surface area contributed by atoms with Crippen LogP contribution in [0, 0.1) is 0 Å². The summed E-state index contributed by atoms with van der Waals surface area (Å²) < 4.78 is 59.6. The Bertz CT molecular complexity index is 1690. The van der Waals surface area contributed by atoms with Crippen LogP contribution in [0.1, 0.15) is 44.4 Å². The molecule has 1 N–H and O–H groups in total. The summed E-state index contributed by atoms with van der Waals surface area (Å²) >= 11 is 0. The molecule has 0 amide bonds. The average molecular weight is 781 g/mol. The third kappa shape index (κ3) is 12.4. The third-order valence-electron chi connectivity index (χ3n) is 8.82. The number of carbonyl (C=O) groups is 4. The van der Waals surface area contributed by atoms with Crippen molar-refractivity contribution in [2.75, 3.05) is 13.2 Å². The molecule has 2 saturated heterocycles. The summed E-state index contributed by atoms with van der Waals surface area (Å²) in [6.45, 7) is 4.10. The summed E-state index contributed by atoms with van der Waals surface area (Å²) in [5.74, 6) is -3.00. The Balaban J connectivity index is 1.45. The zero-order valence-electron chi connectivity index (χ0n) is 31.6. The van der Waals surface area contributed by atoms with E-state index in [-0.39, 0.29) is 26.4 Å². The molecule has 3 aromatic rings. The van der Waals surface area contributed by atoms with E-state index in [0.717, 1.165) is 37.5 Å². The first-order valence-electron chi connectivity index (χ1n) is 18.2. The second kappa shape index (κ2) is 21.0. The topological polar surface area (TPSA) is 181 Å². The predicted molar refractivity (Wildman–Crippen MR) is 194 cm³/mol. The Kier molecular flexibility index (Phi) is 15.9. The normalized spacial score (nSPS) is 27.4. The molecule has 15 heteroatoms. The predicted octanol–water partition coefficient (Wildman–Crippen LogP) is 3.56. The van der Waals surface area contributed by atoms with Gasteiger partial charge >= 0.3 is 23.9 Å². The van der Waals surface area contributed by atoms with Gasteiger partial charge in [-0.2, -0.15) is 0 Å². The molecule has 0 radical (unpaired) electrons. The first-order chi connectivity index (χ1) is 27.0. The quantitative estimate of drug-likeness (QED) is 0.155. The highest BCUT2D eigenvalue weighted by Crippen LogP contribution is 2.33. The van der Waals surface area contributed by atoms with Crippen LogP contribution in [0.15, 0.2) is 91.0 Å². The van der Waals surface area contributed by atoms with Gasteiger partial charge in [0.05, 0.1) is 26.4 Å². The molecule has 2 aliphatic heterocycles. The van der Waals surface area contributed by atoms with E-state index in [1.807, 2.05) is 91.0 Å². The van der Waals surface area contributed by atoms with Crippen LogP contribution in [0.2, 0.25) is 0 Å². The van der Waals surface area contributed by atoms with Gasteiger partial charge in [-0.15, -0.1) is 0 Å². The van der Waals surface area contributed by atoms with E-state index in [1.54, 1.807) is 0 Å². The minimum absolute atomic E-state index is 0.0857. The van der Waals surface area contributed by atoms with Gasteiger partial charge in [0.2, 0.25) is 0 Å². The van der Waals surface area contributed by atoms with E-state index in [1.165, 1.54) is 6.92 Å². The van der Waals surface area contributed by atoms with Gasteiger partial charge in [-0.05, 0) is 16.7 Å². The Labute approximate surface area is 325 Å². The molecule has 56 heavy (non-hydrogen) atoms. The Morgan fingerprint density at radius 1 is 0.482 bits per heavy atom. The van der Waals surface area contributed by atoms with Crippen LogP contribution in [0.3, 0.4) is 0 Å². The fraction of sp³-hybridized carbons (Fsp3) is 0.463. The number of aliphatic hydroxyl groups is 1. The molecular formula is C41H48O15. The van der Waals surface area contributed by atoms with Crippen molar-refractivity contribution in [1.29, 1.82) is 0 Å². The van der Waals surface area contributed by atoms with Gasteiger partial charge in [-0.25, -0.2) is 0 Å². The Morgan fingerprint density at radius 2 is 0.893 bits per heavy atom. The second-order valence-corrected chi connectivity index (χ2v) is 13.3. The average Bonchev–Trinajstić information content (AvgIpc) is 3.17. The molecule has 2 heterocycles. The summed E-state index contributed by atoms with van der Waals surface area (Å²) in [5, 5.41) is 12.0. The summed E-state index contributed by atoms with van der Waals surface area (Å²) in [5.41, 5.74) is 2.53. The van der Waals surface area contributed by atoms with Crippen molar-refractivity contribution in [2.45, 2.75) is 109 Å². The molecule has 0 aromatic heterocycles. The van der Waals surface area contributed by atoms with Crippen molar-refractivity contribution >= 4 is 23.9 Å². The maximum atomic E-state index is 12.4. The van der Waals surface area contributed by atoms with Crippen molar-refractivity contribution in [3.63, 3.8) is 0 Å². The molecule has 0 unspecified atom stereocenters. The molecule has 0 bridgehead atoms. The number of rotatable bonds is 17. The van der Waals surface area contributed by atoms with Crippen LogP contribution < -0.4 is 0 Å². The summed E-state index contributed by atoms with van der Waals surface area (Å²) in [4.78, 5) is 48.7. The number of ether oxygens (including phenoxy) is 10. The highest BCUT2D eigenvalue weighted by atomic mass is 16.8. The Morgan fingerprint density at radius 3 is 1.38 bits per heavy atom. The number of hydrogen-bond acceptors (Lipinski definition) is 15. The van der Waals surface area contributed by atoms with E-state index >= 15 is 0 Å². The molecule has 3 aromatic carbocycles. The molecular weight excluding hydrogens is 732 g/mol. The van der Waals surface area contributed by atoms with Crippen LogP contribution in [0.25, 0.3) is 0 Å². The van der Waals surface area contributed by atoms with E-state index in [9.17, 15) is 24.3 Å². The smallest absolute Gasteiger partial charge is 0.303 e. The van der Waals surface area contributed by atoms with Crippen LogP contribution in [-0.2, 0) is 86.4 Å². The minimum atomic E-state index is -1.50. The largest absolute Gasteiger partial charge is 0.463 e. The van der Waals surface area contributed by atoms with E-state index in [4.69, 9.17) is 47.4 Å². The van der Waals surface area contributed by atoms with Crippen LogP contribution in [0.5, 0.6) is 0 Å². The molecule has 0 spiro atoms. The number of carbonyl (C=O) groups excluding carboxylic acids is 4. The molecule has 2 fully saturated rings. The second-order valence-electron chi connectivity index (χ2n) is 13.3. The van der Waals surface area contributed by atoms with Gasteiger partial charge in [-0.1, -0.05) is 91.0 Å². The van der Waals surface area contributed by atoms with Crippen molar-refractivity contribution in [1.82, 2.24) is 0 Å². The highest BCUT2D eigenvalue weighted by molar-refractivity contribution is 5.68. The van der Waals surface area contributed by atoms with Gasteiger partial charge in [0.15, 0.2) is 30.9 Å². The first kappa shape index (κ1) is 42.4. The van der Waals surface area contributed by atoms with Crippen LogP contribution in [-0.4, -0.2) is 104 Å². The van der Waals surface area contributed by atoms with E-state index in [0.29, 0.717) is 0 Å². The summed E-state index contributed by atoms with van der Waals surface area (Å²) in [6.07, 6.45) is -12.6. The van der Waals surface area contributed by atoms with Gasteiger partial charge < -0.3 is 52.5 Å². The summed E-state index contributed by atoms with van der Waals surface area (Å²) in [6, 6.07) is 28.1. The number of aliphatic hydroxyl groups excluding tert-OH is 1. The van der Waals surface area contributed by atoms with Gasteiger partial charge in [0.25, 0.3) is 0 Å². The molecule has 0 saturated carbocycles. The lowest BCUT2D eigenvalue weighted by Gasteiger charge is -2.46. The van der Waals surface area contributed by atoms with Crippen LogP contribution >= 0.6 is 0 Å². The van der Waals surface area contributed by atoms with Gasteiger partial charge in [0.1, 0.15) is 37.1 Å². The zero-order chi connectivity index (χ0) is 40.0. The van der Waals surface area contributed by atoms with Crippen molar-refractivity contribution in [2.24, 2.45) is 0 Å². The first-order valence-corrected chi connectivity index (χ1v) is 18.2. The monoisotopic (exact) mass is 780 g/mol. The molecule has 0 aliphatic carbocycles. The zero-order valence-corrected chi connectivity index (χ0v) is 31.6. The van der Waals surface area contributed by atoms with E-state index < -0.39 is 91.9 Å². The van der Waals surface area contributed by atoms with Crippen molar-refractivity contribution in [3.05, 3.63) is 108 Å². The van der Waals surface area contributed by atoms with Gasteiger partial charge in [-0.3, -0.25) is 19.2 Å². The lowest BCUT2D eigenvalue weighted by molar-refractivity contribution is -0.342. The SMILES string of the molecule is CC(=O)OC[C@H]1O[C@@H](OC[C@H]2O[C@H](OCc3ccccc3)[C@H](OCc3ccccc3)[C@@H](O)[C@@H]2OCc2ccccc2)[C@H](OC(C)=O)[C@@H](OC(C)=O)[C@@H]1OC(C)=O. The third-order valence-corrected chi connectivity index (χ3v) is 8.82. The number of esters is 4. The number of hydrogen-bond donors (Lipinski definition) is 1. The van der Waals surface area contributed by atoms with Crippen LogP contribution in [0.4, 0.5) is 0 Å².